The van der Waals surface area contributed by atoms with Crippen LogP contribution in [0.15, 0.2) is 74.9 Å². The number of carbonyl (C=O) groups is 3. The third kappa shape index (κ3) is 21.7. The van der Waals surface area contributed by atoms with E-state index in [2.05, 4.69) is 60.0 Å². The SMILES string of the molecule is CC(C)NC(C)C.Cc1cc(C)c(Nc2[c-]cc3c(-c4ccccc4S(=O)(=O)[O-])c4cc(S(=O)(=O)[O-])c(=[NH+]c5c(C)cc(C)c(NC(=O)N(C(C)C)C(C)C)c5C)cc-4oc3c2)c(C)c1NC(=O)N(C(C)C)C(C)C.O=S(=O)=O.[2H]CC(C)=O.[Na+].[Na+]. The minimum absolute atomic E-state index is 0. The molecule has 4 aromatic carbocycles. The van der Waals surface area contributed by atoms with E-state index in [1.54, 1.807) is 29.7 Å². The topological polar surface area (TPSA) is 299 Å². The Morgan fingerprint density at radius 1 is 0.635 bits per heavy atom. The Morgan fingerprint density at radius 3 is 1.49 bits per heavy atom. The number of carbonyl (C=O) groups excluding carboxylic acids is 3. The van der Waals surface area contributed by atoms with E-state index in [1.165, 1.54) is 37.3 Å². The first kappa shape index (κ1) is 76.1. The monoisotopic (exact) mass is 1250 g/mol. The van der Waals surface area contributed by atoms with Gasteiger partial charge in [0.25, 0.3) is 0 Å². The molecule has 0 fully saturated rings. The van der Waals surface area contributed by atoms with Crippen molar-refractivity contribution >= 4 is 88.1 Å². The number of amides is 4. The number of nitrogens with one attached hydrogen (secondary N) is 5. The number of hydrogen-bond donors (Lipinski definition) is 5. The normalized spacial score (nSPS) is 11.7. The molecule has 25 heteroatoms. The van der Waals surface area contributed by atoms with Crippen LogP contribution in [0.5, 0.6) is 0 Å². The maximum Gasteiger partial charge on any atom is 1.00 e. The Hall–Kier alpha value is -5.02. The molecular formula is C60H81N7Na2O13S3. The number of fused-ring (bicyclic) bond motifs is 2. The van der Waals surface area contributed by atoms with Crippen molar-refractivity contribution in [3.05, 3.63) is 105 Å². The van der Waals surface area contributed by atoms with E-state index in [0.717, 1.165) is 34.4 Å². The molecule has 4 amide bonds. The molecule has 0 unspecified atom stereocenters. The van der Waals surface area contributed by atoms with Crippen LogP contribution in [0.2, 0.25) is 0 Å². The molecule has 5 N–H and O–H groups in total. The average Bonchev–Trinajstić information content (AvgIpc) is 0.863. The van der Waals surface area contributed by atoms with E-state index in [9.17, 15) is 40.3 Å². The third-order valence-electron chi connectivity index (χ3n) is 12.7. The molecule has 85 heavy (non-hydrogen) atoms. The van der Waals surface area contributed by atoms with E-state index in [4.69, 9.17) is 18.4 Å². The molecule has 0 aromatic heterocycles. The number of hydrogen-bond acceptors (Lipinski definition) is 15. The van der Waals surface area contributed by atoms with Crippen LogP contribution in [-0.2, 0) is 35.6 Å². The van der Waals surface area contributed by atoms with Crippen LogP contribution in [0.1, 0.15) is 132 Å². The quantitative estimate of drug-likeness (QED) is 0.0446. The van der Waals surface area contributed by atoms with Crippen molar-refractivity contribution < 1.29 is 123 Å². The second-order valence-corrected chi connectivity index (χ2v) is 24.9. The number of anilines is 4. The Morgan fingerprint density at radius 2 is 1.07 bits per heavy atom. The molecule has 0 saturated carbocycles. The van der Waals surface area contributed by atoms with Crippen LogP contribution in [0.4, 0.5) is 38.0 Å². The summed E-state index contributed by atoms with van der Waals surface area (Å²) in [4.78, 5) is 42.1. The van der Waals surface area contributed by atoms with Gasteiger partial charge < -0.3 is 49.4 Å². The van der Waals surface area contributed by atoms with Crippen molar-refractivity contribution in [2.75, 3.05) is 16.0 Å². The van der Waals surface area contributed by atoms with Crippen LogP contribution in [0, 0.1) is 47.6 Å². The summed E-state index contributed by atoms with van der Waals surface area (Å²) >= 11 is 0. The first-order valence-electron chi connectivity index (χ1n) is 27.5. The summed E-state index contributed by atoms with van der Waals surface area (Å²) in [5, 5.41) is 13.0. The van der Waals surface area contributed by atoms with Gasteiger partial charge >= 0.3 is 81.8 Å². The molecule has 1 heterocycles. The van der Waals surface area contributed by atoms with Crippen LogP contribution in [0.3, 0.4) is 0 Å². The van der Waals surface area contributed by atoms with Crippen molar-refractivity contribution in [3.8, 4) is 22.5 Å². The number of benzene rings is 5. The Labute approximate surface area is 549 Å². The molecule has 4 aromatic rings. The fourth-order valence-corrected chi connectivity index (χ4v) is 11.3. The van der Waals surface area contributed by atoms with Crippen molar-refractivity contribution in [1.82, 2.24) is 15.1 Å². The molecule has 6 rings (SSSR count). The van der Waals surface area contributed by atoms with E-state index >= 15 is 0 Å². The minimum atomic E-state index is -5.26. The smallest absolute Gasteiger partial charge is 0.744 e. The number of rotatable bonds is 14. The summed E-state index contributed by atoms with van der Waals surface area (Å²) < 4.78 is 116. The minimum Gasteiger partial charge on any atom is -0.744 e. The third-order valence-corrected chi connectivity index (χ3v) is 14.5. The molecule has 0 saturated heterocycles. The summed E-state index contributed by atoms with van der Waals surface area (Å²) in [6.07, 6.45) is 0. The van der Waals surface area contributed by atoms with Gasteiger partial charge in [-0.05, 0) is 157 Å². The van der Waals surface area contributed by atoms with Gasteiger partial charge in [0.15, 0.2) is 0 Å². The van der Waals surface area contributed by atoms with Crippen molar-refractivity contribution in [1.29, 1.82) is 0 Å². The summed E-state index contributed by atoms with van der Waals surface area (Å²) in [5.74, 6) is -0.0457. The molecule has 0 atom stereocenters. The van der Waals surface area contributed by atoms with Crippen molar-refractivity contribution in [2.24, 2.45) is 0 Å². The second kappa shape index (κ2) is 33.4. The summed E-state index contributed by atoms with van der Waals surface area (Å²) in [7, 11) is -13.5. The molecule has 2 aliphatic rings. The molecule has 0 radical (unpaired) electrons. The molecule has 20 nitrogen and oxygen atoms in total. The first-order chi connectivity index (χ1) is 38.7. The zero-order valence-corrected chi connectivity index (χ0v) is 59.3. The number of Topliss-reactive ketones (excluding diaryl/α,β-unsaturated/α-hetero) is 1. The van der Waals surface area contributed by atoms with Crippen molar-refractivity contribution in [3.63, 3.8) is 0 Å². The fourth-order valence-electron chi connectivity index (χ4n) is 9.96. The molecular weight excluding hydrogens is 1170 g/mol. The van der Waals surface area contributed by atoms with E-state index in [1.807, 2.05) is 95.2 Å². The van der Waals surface area contributed by atoms with Gasteiger partial charge in [-0.1, -0.05) is 68.6 Å². The molecule has 1 aliphatic heterocycles. The van der Waals surface area contributed by atoms with Crippen LogP contribution in [-0.4, -0.2) is 102 Å². The van der Waals surface area contributed by atoms with Gasteiger partial charge in [-0.25, -0.2) is 31.4 Å². The van der Waals surface area contributed by atoms with E-state index in [-0.39, 0.29) is 147 Å². The van der Waals surface area contributed by atoms with Crippen LogP contribution in [0.25, 0.3) is 33.4 Å². The summed E-state index contributed by atoms with van der Waals surface area (Å²) in [5.41, 5.74) is 7.38. The van der Waals surface area contributed by atoms with Crippen LogP contribution < -0.4 is 90.7 Å². The van der Waals surface area contributed by atoms with Gasteiger partial charge in [0.1, 0.15) is 36.7 Å². The Bertz CT molecular complexity index is 3760. The summed E-state index contributed by atoms with van der Waals surface area (Å²) in [6.45, 7) is 36.5. The van der Waals surface area contributed by atoms with Gasteiger partial charge in [-0.3, -0.25) is 0 Å². The Balaban J connectivity index is 0.00000181. The van der Waals surface area contributed by atoms with Gasteiger partial charge in [0, 0.05) is 65.6 Å². The fraction of sp³-hybridized carbons (Fsp3) is 0.433. The largest absolute Gasteiger partial charge is 1.00 e. The second-order valence-electron chi connectivity index (χ2n) is 21.8. The number of ketones is 1. The number of aryl methyl sites for hydroxylation is 4. The average molecular weight is 1250 g/mol. The Kier molecular flexibility index (Phi) is 29.9. The number of nitrogens with zero attached hydrogens (tertiary/aromatic N) is 2. The number of urea groups is 2. The standard InChI is InChI=1S/C51H61N6O9S2.C6H15N.C3H6O.2Na.O3S/c1-26(2)56(27(3)4)50(58)54-48-32(11)21-30(9)46(34(48)13)52-36-19-20-37-41(23-36)66-42-25-40(44(68(63,64)65)24-39(42)45(37)38-17-15-16-18-43(38)67(60,61)62)53-47-31(10)22-33(12)49(35(47)14)55-51(59)57(28(5)6)29(7)8;1-5(2)7-6(3)4;1-3(2)4;;;1-4(2)3/h15-18,20-29,52H,1-14H3,(H,54,58)(H,55,59)(H,60,61,62)(H,63,64,65);5-7H,1-4H3;1-2H3;;;/q-1;;;2*+1;/p-1/i;;1D;;;. The van der Waals surface area contributed by atoms with Crippen LogP contribution >= 0.6 is 0 Å². The molecule has 1 aliphatic carbocycles. The molecule has 454 valence electrons. The molecule has 0 spiro atoms. The predicted octanol–water partition coefficient (Wildman–Crippen LogP) is 4.01. The zero-order valence-electron chi connectivity index (χ0n) is 53.9. The van der Waals surface area contributed by atoms with Gasteiger partial charge in [0.05, 0.1) is 22.3 Å². The summed E-state index contributed by atoms with van der Waals surface area (Å²) in [6, 6.07) is 18.5. The maximum absolute atomic E-state index is 13.6. The predicted molar refractivity (Wildman–Crippen MR) is 323 cm³/mol. The molecule has 0 bridgehead atoms. The maximum atomic E-state index is 13.6. The van der Waals surface area contributed by atoms with E-state index < -0.39 is 40.6 Å². The van der Waals surface area contributed by atoms with Crippen molar-refractivity contribution in [2.45, 2.75) is 184 Å². The van der Waals surface area contributed by atoms with Gasteiger partial charge in [-0.15, -0.1) is 18.7 Å². The zero-order chi connectivity index (χ0) is 64.2. The first-order valence-corrected chi connectivity index (χ1v) is 30.6. The van der Waals surface area contributed by atoms with Gasteiger partial charge in [-0.2, -0.15) is 12.1 Å². The van der Waals surface area contributed by atoms with Gasteiger partial charge in [0.2, 0.25) is 11.0 Å². The van der Waals surface area contributed by atoms with E-state index in [0.29, 0.717) is 51.6 Å².